The summed E-state index contributed by atoms with van der Waals surface area (Å²) in [4.78, 5) is 13.0. The fourth-order valence-electron chi connectivity index (χ4n) is 2.38. The number of carboxylic acid groups (broad SMARTS) is 1. The molecule has 0 spiro atoms. The molecular formula is C14H17F3N2O2. The molecule has 4 nitrogen and oxygen atoms in total. The van der Waals surface area contributed by atoms with Crippen LogP contribution in [0.1, 0.15) is 24.0 Å². The largest absolute Gasteiger partial charge is 0.480 e. The van der Waals surface area contributed by atoms with Crippen molar-refractivity contribution in [2.24, 2.45) is 5.73 Å². The fourth-order valence-corrected chi connectivity index (χ4v) is 2.38. The van der Waals surface area contributed by atoms with Crippen LogP contribution in [-0.2, 0) is 17.5 Å². The van der Waals surface area contributed by atoms with Crippen LogP contribution in [-0.4, -0.2) is 34.6 Å². The molecule has 2 rings (SSSR count). The van der Waals surface area contributed by atoms with E-state index in [0.717, 1.165) is 17.7 Å². The molecule has 7 heteroatoms. The summed E-state index contributed by atoms with van der Waals surface area (Å²) < 4.78 is 37.4. The molecular weight excluding hydrogens is 285 g/mol. The Kier molecular flexibility index (Phi) is 4.25. The number of halogens is 3. The van der Waals surface area contributed by atoms with Crippen LogP contribution in [0.25, 0.3) is 0 Å². The molecule has 3 N–H and O–H groups in total. The van der Waals surface area contributed by atoms with E-state index < -0.39 is 23.2 Å². The average molecular weight is 302 g/mol. The van der Waals surface area contributed by atoms with Gasteiger partial charge in [0.15, 0.2) is 0 Å². The molecule has 1 heterocycles. The van der Waals surface area contributed by atoms with Crippen molar-refractivity contribution in [1.82, 2.24) is 4.90 Å². The third-order valence-electron chi connectivity index (χ3n) is 3.86. The quantitative estimate of drug-likeness (QED) is 0.897. The topological polar surface area (TPSA) is 66.6 Å². The number of likely N-dealkylation sites (tertiary alicyclic amines) is 1. The molecule has 1 saturated heterocycles. The lowest BCUT2D eigenvalue weighted by Gasteiger charge is -2.36. The lowest BCUT2D eigenvalue weighted by atomic mass is 9.88. The molecule has 0 radical (unpaired) electrons. The van der Waals surface area contributed by atoms with E-state index in [0.29, 0.717) is 32.5 Å². The number of benzene rings is 1. The molecule has 1 aliphatic heterocycles. The number of nitrogens with zero attached hydrogens (tertiary/aromatic N) is 1. The second-order valence-corrected chi connectivity index (χ2v) is 5.43. The highest BCUT2D eigenvalue weighted by Gasteiger charge is 2.37. The zero-order valence-corrected chi connectivity index (χ0v) is 11.4. The molecule has 116 valence electrons. The Balaban J connectivity index is 1.94. The van der Waals surface area contributed by atoms with Gasteiger partial charge >= 0.3 is 12.1 Å². The minimum absolute atomic E-state index is 0.336. The monoisotopic (exact) mass is 302 g/mol. The van der Waals surface area contributed by atoms with Crippen LogP contribution >= 0.6 is 0 Å². The Morgan fingerprint density at radius 2 is 1.76 bits per heavy atom. The molecule has 0 aliphatic carbocycles. The molecule has 0 amide bonds. The van der Waals surface area contributed by atoms with Gasteiger partial charge in [0, 0.05) is 19.6 Å². The number of carboxylic acids is 1. The van der Waals surface area contributed by atoms with Crippen molar-refractivity contribution >= 4 is 5.97 Å². The van der Waals surface area contributed by atoms with Gasteiger partial charge in [0.25, 0.3) is 0 Å². The normalized spacial score (nSPS) is 19.4. The van der Waals surface area contributed by atoms with E-state index in [9.17, 15) is 18.0 Å². The van der Waals surface area contributed by atoms with E-state index >= 15 is 0 Å². The Morgan fingerprint density at radius 3 is 2.19 bits per heavy atom. The lowest BCUT2D eigenvalue weighted by molar-refractivity contribution is -0.145. The number of hydrogen-bond acceptors (Lipinski definition) is 3. The first-order valence-electron chi connectivity index (χ1n) is 6.61. The summed E-state index contributed by atoms with van der Waals surface area (Å²) in [5.41, 5.74) is 4.69. The van der Waals surface area contributed by atoms with E-state index in [1.54, 1.807) is 0 Å². The molecule has 0 aromatic heterocycles. The number of aliphatic carboxylic acids is 1. The molecule has 0 atom stereocenters. The third-order valence-corrected chi connectivity index (χ3v) is 3.86. The maximum Gasteiger partial charge on any atom is 0.416 e. The van der Waals surface area contributed by atoms with Crippen LogP contribution < -0.4 is 5.73 Å². The van der Waals surface area contributed by atoms with Gasteiger partial charge in [0.05, 0.1) is 5.56 Å². The summed E-state index contributed by atoms with van der Waals surface area (Å²) in [5.74, 6) is -1.00. The van der Waals surface area contributed by atoms with E-state index in [1.165, 1.54) is 12.1 Å². The number of rotatable bonds is 3. The highest BCUT2D eigenvalue weighted by Crippen LogP contribution is 2.29. The number of piperidine rings is 1. The first-order chi connectivity index (χ1) is 9.71. The predicted molar refractivity (Wildman–Crippen MR) is 70.5 cm³/mol. The zero-order valence-electron chi connectivity index (χ0n) is 11.4. The highest BCUT2D eigenvalue weighted by atomic mass is 19.4. The van der Waals surface area contributed by atoms with E-state index in [-0.39, 0.29) is 0 Å². The van der Waals surface area contributed by atoms with Gasteiger partial charge in [0.2, 0.25) is 0 Å². The summed E-state index contributed by atoms with van der Waals surface area (Å²) >= 11 is 0. The molecule has 0 bridgehead atoms. The smallest absolute Gasteiger partial charge is 0.416 e. The van der Waals surface area contributed by atoms with E-state index in [4.69, 9.17) is 10.8 Å². The van der Waals surface area contributed by atoms with Crippen LogP contribution in [0.3, 0.4) is 0 Å². The summed E-state index contributed by atoms with van der Waals surface area (Å²) in [6.07, 6.45) is -3.66. The minimum atomic E-state index is -4.33. The van der Waals surface area contributed by atoms with Crippen LogP contribution in [0.15, 0.2) is 24.3 Å². The lowest BCUT2D eigenvalue weighted by Crippen LogP contribution is -2.55. The van der Waals surface area contributed by atoms with Gasteiger partial charge in [-0.25, -0.2) is 0 Å². The first-order valence-corrected chi connectivity index (χ1v) is 6.61. The maximum absolute atomic E-state index is 12.5. The van der Waals surface area contributed by atoms with Crippen LogP contribution in [0.4, 0.5) is 13.2 Å². The van der Waals surface area contributed by atoms with E-state index in [2.05, 4.69) is 0 Å². The van der Waals surface area contributed by atoms with Crippen molar-refractivity contribution in [3.05, 3.63) is 35.4 Å². The standard InChI is InChI=1S/C14H17F3N2O2/c15-14(16,17)11-3-1-10(2-4-11)9-19-7-5-13(18,6-8-19)12(20)21/h1-4H,5-9,18H2,(H,20,21). The van der Waals surface area contributed by atoms with Crippen molar-refractivity contribution in [2.75, 3.05) is 13.1 Å². The highest BCUT2D eigenvalue weighted by molar-refractivity contribution is 5.78. The average Bonchev–Trinajstić information content (AvgIpc) is 2.41. The predicted octanol–water partition coefficient (Wildman–Crippen LogP) is 2.08. The van der Waals surface area contributed by atoms with Crippen molar-refractivity contribution in [1.29, 1.82) is 0 Å². The Morgan fingerprint density at radius 1 is 1.24 bits per heavy atom. The molecule has 21 heavy (non-hydrogen) atoms. The summed E-state index contributed by atoms with van der Waals surface area (Å²) in [6, 6.07) is 5.02. The Labute approximate surface area is 120 Å². The molecule has 1 aliphatic rings. The minimum Gasteiger partial charge on any atom is -0.480 e. The zero-order chi connectivity index (χ0) is 15.7. The second kappa shape index (κ2) is 5.65. The Hall–Kier alpha value is -1.60. The number of hydrogen-bond donors (Lipinski definition) is 2. The van der Waals surface area contributed by atoms with Gasteiger partial charge in [-0.15, -0.1) is 0 Å². The van der Waals surface area contributed by atoms with Gasteiger partial charge in [-0.3, -0.25) is 9.69 Å². The molecule has 0 unspecified atom stereocenters. The summed E-state index contributed by atoms with van der Waals surface area (Å²) in [6.45, 7) is 1.53. The van der Waals surface area contributed by atoms with Gasteiger partial charge in [-0.2, -0.15) is 13.2 Å². The summed E-state index contributed by atoms with van der Waals surface area (Å²) in [5, 5.41) is 9.03. The van der Waals surface area contributed by atoms with Crippen LogP contribution in [0, 0.1) is 0 Å². The first kappa shape index (κ1) is 15.8. The van der Waals surface area contributed by atoms with Crippen LogP contribution in [0.5, 0.6) is 0 Å². The summed E-state index contributed by atoms with van der Waals surface area (Å²) in [7, 11) is 0. The van der Waals surface area contributed by atoms with Gasteiger partial charge in [-0.1, -0.05) is 12.1 Å². The van der Waals surface area contributed by atoms with Gasteiger partial charge < -0.3 is 10.8 Å². The molecule has 0 saturated carbocycles. The third kappa shape index (κ3) is 3.74. The second-order valence-electron chi connectivity index (χ2n) is 5.43. The van der Waals surface area contributed by atoms with Crippen molar-refractivity contribution in [2.45, 2.75) is 31.1 Å². The van der Waals surface area contributed by atoms with Crippen molar-refractivity contribution in [3.63, 3.8) is 0 Å². The Bertz CT molecular complexity index is 506. The molecule has 1 fully saturated rings. The van der Waals surface area contributed by atoms with Gasteiger partial charge in [-0.05, 0) is 30.5 Å². The molecule has 1 aromatic rings. The number of alkyl halides is 3. The van der Waals surface area contributed by atoms with Crippen molar-refractivity contribution in [3.8, 4) is 0 Å². The van der Waals surface area contributed by atoms with Gasteiger partial charge in [0.1, 0.15) is 5.54 Å². The van der Waals surface area contributed by atoms with Crippen LogP contribution in [0.2, 0.25) is 0 Å². The maximum atomic E-state index is 12.5. The molecule has 1 aromatic carbocycles. The van der Waals surface area contributed by atoms with Crippen molar-refractivity contribution < 1.29 is 23.1 Å². The SMILES string of the molecule is NC1(C(=O)O)CCN(Cc2ccc(C(F)(F)F)cc2)CC1. The number of carbonyl (C=O) groups is 1. The number of nitrogens with two attached hydrogens (primary N) is 1. The van der Waals surface area contributed by atoms with E-state index in [1.807, 2.05) is 4.90 Å². The fraction of sp³-hybridized carbons (Fsp3) is 0.500.